The average Bonchev–Trinajstić information content (AvgIpc) is 4.01. The van der Waals surface area contributed by atoms with E-state index in [2.05, 4.69) is 101 Å². The smallest absolute Gasteiger partial charge is 0.158 e. The Morgan fingerprint density at radius 1 is 0.434 bits per heavy atom. The number of pyridine rings is 3. The third kappa shape index (κ3) is 4.76. The molecule has 0 spiro atoms. The van der Waals surface area contributed by atoms with Crippen LogP contribution >= 0.6 is 0 Å². The van der Waals surface area contributed by atoms with Crippen LogP contribution in [0.5, 0.6) is 0 Å². The molecule has 0 aliphatic carbocycles. The molecule has 12 rings (SSSR count). The predicted molar refractivity (Wildman–Crippen MR) is 206 cm³/mol. The molecule has 3 aromatic carbocycles. The van der Waals surface area contributed by atoms with Crippen LogP contribution in [0.1, 0.15) is 16.7 Å². The minimum absolute atomic E-state index is 0.163. The number of nitrogens with zero attached hydrogens (tertiary/aromatic N) is 9. The molecule has 6 aliphatic rings. The number of likely N-dealkylation sites (N-methyl/N-ethyl adjacent to an activating group) is 3. The van der Waals surface area contributed by atoms with Crippen LogP contribution < -0.4 is 29.4 Å². The van der Waals surface area contributed by atoms with Crippen LogP contribution in [0.3, 0.4) is 0 Å². The predicted octanol–water partition coefficient (Wildman–Crippen LogP) is 7.93. The van der Waals surface area contributed by atoms with Gasteiger partial charge in [-0.3, -0.25) is 0 Å². The lowest BCUT2D eigenvalue weighted by molar-refractivity contribution is 0.625. The van der Waals surface area contributed by atoms with Crippen molar-refractivity contribution in [3.63, 3.8) is 0 Å². The molecule has 0 bridgehead atoms. The summed E-state index contributed by atoms with van der Waals surface area (Å²) < 4.78 is 26.6. The fourth-order valence-corrected chi connectivity index (χ4v) is 8.92. The summed E-state index contributed by atoms with van der Waals surface area (Å²) >= 11 is 0. The summed E-state index contributed by atoms with van der Waals surface area (Å²) in [4.78, 5) is 26.9. The number of hydrogen-bond acceptors (Lipinski definition) is 9. The van der Waals surface area contributed by atoms with Crippen LogP contribution in [-0.4, -0.2) is 54.6 Å². The van der Waals surface area contributed by atoms with Crippen LogP contribution in [0, 0.1) is 11.6 Å². The lowest BCUT2D eigenvalue weighted by atomic mass is 10.1. The standard InChI is InChI=1S/2C14H12FN3.C14H13N3/c1-17-13-8-9-7-10(15)4-5-11(9)18(13)12-3-2-6-16-14(12)17;1-17-12-3-2-6-16-14(12)18-11-5-4-10(15)7-9(11)8-13(17)18;1-16-13-9-10-5-2-3-6-11(10)17(13)12-7-4-8-15-14(12)16/h2*2-7,13H,8H2,1H3;2-8,13H,9H2,1H3. The molecule has 3 unspecified atom stereocenters. The summed E-state index contributed by atoms with van der Waals surface area (Å²) in [7, 11) is 6.23. The molecule has 0 N–H and O–H groups in total. The Balaban J connectivity index is 0.0000000989. The van der Waals surface area contributed by atoms with Crippen LogP contribution in [0.25, 0.3) is 0 Å². The average molecular weight is 706 g/mol. The molecule has 0 radical (unpaired) electrons. The molecule has 9 nitrogen and oxygen atoms in total. The van der Waals surface area contributed by atoms with Gasteiger partial charge in [-0.05, 0) is 95.6 Å². The van der Waals surface area contributed by atoms with E-state index in [0.717, 1.165) is 70.6 Å². The largest absolute Gasteiger partial charge is 0.351 e. The van der Waals surface area contributed by atoms with Gasteiger partial charge in [-0.25, -0.2) is 23.7 Å². The number of anilines is 9. The Hall–Kier alpha value is -6.23. The summed E-state index contributed by atoms with van der Waals surface area (Å²) in [6.07, 6.45) is 9.07. The Kier molecular flexibility index (Phi) is 7.08. The fourth-order valence-electron chi connectivity index (χ4n) is 8.92. The monoisotopic (exact) mass is 705 g/mol. The van der Waals surface area contributed by atoms with Gasteiger partial charge in [0.2, 0.25) is 0 Å². The van der Waals surface area contributed by atoms with E-state index in [-0.39, 0.29) is 24.0 Å². The number of halogens is 2. The van der Waals surface area contributed by atoms with Gasteiger partial charge >= 0.3 is 0 Å². The minimum Gasteiger partial charge on any atom is -0.351 e. The van der Waals surface area contributed by atoms with Crippen molar-refractivity contribution < 1.29 is 8.78 Å². The van der Waals surface area contributed by atoms with Crippen molar-refractivity contribution in [3.05, 3.63) is 144 Å². The molecule has 6 aliphatic heterocycles. The highest BCUT2D eigenvalue weighted by Gasteiger charge is 2.43. The van der Waals surface area contributed by atoms with Crippen LogP contribution in [0.15, 0.2) is 116 Å². The van der Waals surface area contributed by atoms with Gasteiger partial charge in [0.25, 0.3) is 0 Å². The molecule has 0 saturated carbocycles. The number of rotatable bonds is 0. The second-order valence-corrected chi connectivity index (χ2v) is 14.2. The molecule has 3 atom stereocenters. The molecule has 3 aromatic heterocycles. The fraction of sp³-hybridized carbons (Fsp3) is 0.214. The first-order valence-electron chi connectivity index (χ1n) is 17.9. The SMILES string of the molecule is CN1c2cccnc2N2c3ccc(F)cc3CC12.CN1c2ncccc2N2c3ccc(F)cc3CC12.CN1c2ncccc2N2c3ccccc3CC12. The molecule has 0 amide bonds. The topological polar surface area (TPSA) is 58.1 Å². The Morgan fingerprint density at radius 3 is 1.45 bits per heavy atom. The van der Waals surface area contributed by atoms with Crippen LogP contribution in [0.2, 0.25) is 0 Å². The number of aromatic nitrogens is 3. The zero-order chi connectivity index (χ0) is 36.0. The van der Waals surface area contributed by atoms with E-state index in [0.29, 0.717) is 6.17 Å². The highest BCUT2D eigenvalue weighted by atomic mass is 19.1. The summed E-state index contributed by atoms with van der Waals surface area (Å²) in [6, 6.07) is 30.9. The van der Waals surface area contributed by atoms with Crippen LogP contribution in [-0.2, 0) is 19.3 Å². The van der Waals surface area contributed by atoms with E-state index in [1.807, 2.05) is 49.8 Å². The number of fused-ring (bicyclic) bond motifs is 15. The lowest BCUT2D eigenvalue weighted by Gasteiger charge is -2.23. The van der Waals surface area contributed by atoms with Crippen molar-refractivity contribution in [1.29, 1.82) is 0 Å². The first-order valence-corrected chi connectivity index (χ1v) is 17.9. The van der Waals surface area contributed by atoms with Gasteiger partial charge in [-0.2, -0.15) is 0 Å². The summed E-state index contributed by atoms with van der Waals surface area (Å²) in [5.74, 6) is 2.72. The molecular formula is C42H37F2N9. The van der Waals surface area contributed by atoms with Crippen LogP contribution in [0.4, 0.5) is 60.4 Å². The highest BCUT2D eigenvalue weighted by Crippen LogP contribution is 2.50. The zero-order valence-corrected chi connectivity index (χ0v) is 29.6. The normalized spacial score (nSPS) is 19.9. The van der Waals surface area contributed by atoms with Gasteiger partial charge in [0.15, 0.2) is 17.5 Å². The second-order valence-electron chi connectivity index (χ2n) is 14.2. The first kappa shape index (κ1) is 31.5. The summed E-state index contributed by atoms with van der Waals surface area (Å²) in [5.41, 5.74) is 10.5. The van der Waals surface area contributed by atoms with Crippen molar-refractivity contribution in [2.24, 2.45) is 0 Å². The number of benzene rings is 3. The van der Waals surface area contributed by atoms with Gasteiger partial charge in [0.05, 0.1) is 17.1 Å². The quantitative estimate of drug-likeness (QED) is 0.157. The van der Waals surface area contributed by atoms with Crippen molar-refractivity contribution in [3.8, 4) is 0 Å². The van der Waals surface area contributed by atoms with E-state index in [1.165, 1.54) is 29.1 Å². The maximum atomic E-state index is 13.3. The maximum absolute atomic E-state index is 13.3. The summed E-state index contributed by atoms with van der Waals surface area (Å²) in [6.45, 7) is 0. The van der Waals surface area contributed by atoms with E-state index in [1.54, 1.807) is 18.3 Å². The second kappa shape index (κ2) is 11.9. The summed E-state index contributed by atoms with van der Waals surface area (Å²) in [5, 5.41) is 0. The number of para-hydroxylation sites is 1. The van der Waals surface area contributed by atoms with Gasteiger partial charge in [-0.1, -0.05) is 18.2 Å². The van der Waals surface area contributed by atoms with E-state index in [9.17, 15) is 8.78 Å². The molecule has 264 valence electrons. The zero-order valence-electron chi connectivity index (χ0n) is 29.6. The van der Waals surface area contributed by atoms with Gasteiger partial charge < -0.3 is 29.4 Å². The van der Waals surface area contributed by atoms with Gasteiger partial charge in [0.1, 0.15) is 30.1 Å². The van der Waals surface area contributed by atoms with Crippen molar-refractivity contribution >= 4 is 51.6 Å². The molecule has 0 fully saturated rings. The Morgan fingerprint density at radius 2 is 0.868 bits per heavy atom. The van der Waals surface area contributed by atoms with Crippen molar-refractivity contribution in [2.75, 3.05) is 50.5 Å². The molecule has 9 heterocycles. The third-order valence-corrected chi connectivity index (χ3v) is 11.4. The van der Waals surface area contributed by atoms with E-state index < -0.39 is 0 Å². The molecular weight excluding hydrogens is 669 g/mol. The molecule has 11 heteroatoms. The van der Waals surface area contributed by atoms with E-state index >= 15 is 0 Å². The maximum Gasteiger partial charge on any atom is 0.158 e. The van der Waals surface area contributed by atoms with Gasteiger partial charge in [-0.15, -0.1) is 0 Å². The van der Waals surface area contributed by atoms with E-state index in [4.69, 9.17) is 0 Å². The number of hydrogen-bond donors (Lipinski definition) is 0. The van der Waals surface area contributed by atoms with Crippen molar-refractivity contribution in [1.82, 2.24) is 15.0 Å². The minimum atomic E-state index is -0.168. The Labute approximate surface area is 307 Å². The first-order chi connectivity index (χ1) is 25.9. The lowest BCUT2D eigenvalue weighted by Crippen LogP contribution is -2.36. The highest BCUT2D eigenvalue weighted by molar-refractivity contribution is 5.86. The Bertz CT molecular complexity index is 2290. The van der Waals surface area contributed by atoms with Crippen molar-refractivity contribution in [2.45, 2.75) is 37.8 Å². The molecule has 0 saturated heterocycles. The third-order valence-electron chi connectivity index (χ3n) is 11.4. The van der Waals surface area contributed by atoms with Gasteiger partial charge in [0, 0.05) is 76.1 Å². The molecule has 6 aromatic rings. The molecule has 53 heavy (non-hydrogen) atoms.